The third-order valence-corrected chi connectivity index (χ3v) is 3.00. The molecule has 22 heavy (non-hydrogen) atoms. The molecule has 5 heteroatoms. The Balaban J connectivity index is 1.90. The quantitative estimate of drug-likeness (QED) is 0.779. The Hall–Kier alpha value is -2.69. The lowest BCUT2D eigenvalue weighted by Gasteiger charge is -2.13. The number of ether oxygens (including phenoxy) is 2. The Kier molecular flexibility index (Phi) is 5.65. The monoisotopic (exact) mass is 300 g/mol. The van der Waals surface area contributed by atoms with Gasteiger partial charge < -0.3 is 9.47 Å². The van der Waals surface area contributed by atoms with E-state index in [1.165, 1.54) is 0 Å². The number of hydrogen-bond donors (Lipinski definition) is 2. The normalized spacial score (nSPS) is 11.4. The highest BCUT2D eigenvalue weighted by Crippen LogP contribution is 2.23. The summed E-state index contributed by atoms with van der Waals surface area (Å²) >= 11 is 0. The molecule has 1 amide bonds. The van der Waals surface area contributed by atoms with Crippen LogP contribution in [0.4, 0.5) is 10.5 Å². The number of nitrogens with one attached hydrogen (secondary N) is 2. The highest BCUT2D eigenvalue weighted by molar-refractivity contribution is 5.69. The number of anilines is 1. The Bertz CT molecular complexity index is 602. The van der Waals surface area contributed by atoms with E-state index in [9.17, 15) is 4.79 Å². The molecular formula is C17H20N2O3. The zero-order valence-electron chi connectivity index (χ0n) is 12.7. The van der Waals surface area contributed by atoms with Crippen LogP contribution in [-0.2, 0) is 4.74 Å². The number of amides is 1. The largest absolute Gasteiger partial charge is 0.457 e. The molecule has 2 N–H and O–H groups in total. The lowest BCUT2D eigenvalue weighted by atomic mass is 10.3. The van der Waals surface area contributed by atoms with Crippen LogP contribution in [0.25, 0.3) is 0 Å². The van der Waals surface area contributed by atoms with E-state index >= 15 is 0 Å². The molecule has 0 fully saturated rings. The smallest absolute Gasteiger partial charge is 0.426 e. The van der Waals surface area contributed by atoms with Crippen molar-refractivity contribution in [2.75, 3.05) is 5.43 Å². The molecule has 0 saturated carbocycles. The second-order valence-electron chi connectivity index (χ2n) is 4.82. The number of benzene rings is 2. The van der Waals surface area contributed by atoms with Gasteiger partial charge in [0.15, 0.2) is 0 Å². The maximum atomic E-state index is 11.5. The van der Waals surface area contributed by atoms with Crippen LogP contribution < -0.4 is 15.6 Å². The third-order valence-electron chi connectivity index (χ3n) is 3.00. The Labute approximate surface area is 130 Å². The van der Waals surface area contributed by atoms with E-state index in [0.717, 1.165) is 12.2 Å². The van der Waals surface area contributed by atoms with E-state index in [1.807, 2.05) is 62.4 Å². The minimum Gasteiger partial charge on any atom is -0.457 e. The summed E-state index contributed by atoms with van der Waals surface area (Å²) in [5.74, 6) is 1.43. The van der Waals surface area contributed by atoms with Gasteiger partial charge >= 0.3 is 6.09 Å². The first-order valence-corrected chi connectivity index (χ1v) is 7.23. The maximum absolute atomic E-state index is 11.5. The first-order chi connectivity index (χ1) is 10.7. The van der Waals surface area contributed by atoms with Gasteiger partial charge in [-0.3, -0.25) is 5.43 Å². The van der Waals surface area contributed by atoms with Crippen LogP contribution in [0.2, 0.25) is 0 Å². The molecule has 1 atom stereocenters. The van der Waals surface area contributed by atoms with Crippen LogP contribution in [0.3, 0.4) is 0 Å². The van der Waals surface area contributed by atoms with Gasteiger partial charge in [0.1, 0.15) is 17.6 Å². The van der Waals surface area contributed by atoms with Gasteiger partial charge in [0, 0.05) is 6.07 Å². The summed E-state index contributed by atoms with van der Waals surface area (Å²) < 4.78 is 10.8. The van der Waals surface area contributed by atoms with Crippen LogP contribution in [0, 0.1) is 0 Å². The summed E-state index contributed by atoms with van der Waals surface area (Å²) in [4.78, 5) is 11.5. The summed E-state index contributed by atoms with van der Waals surface area (Å²) in [5, 5.41) is 0. The van der Waals surface area contributed by atoms with Gasteiger partial charge in [-0.2, -0.15) is 0 Å². The van der Waals surface area contributed by atoms with E-state index in [4.69, 9.17) is 9.47 Å². The fraction of sp³-hybridized carbons (Fsp3) is 0.235. The second-order valence-corrected chi connectivity index (χ2v) is 4.82. The van der Waals surface area contributed by atoms with Crippen LogP contribution in [0.15, 0.2) is 54.6 Å². The molecule has 0 aliphatic heterocycles. The summed E-state index contributed by atoms with van der Waals surface area (Å²) in [6.45, 7) is 3.80. The molecule has 0 radical (unpaired) electrons. The van der Waals surface area contributed by atoms with Gasteiger partial charge in [-0.15, -0.1) is 0 Å². The van der Waals surface area contributed by atoms with E-state index in [-0.39, 0.29) is 6.10 Å². The number of rotatable bonds is 6. The number of carbonyl (C=O) groups excluding carboxylic acids is 1. The molecular weight excluding hydrogens is 280 g/mol. The first kappa shape index (κ1) is 15.7. The third kappa shape index (κ3) is 5.01. The molecule has 2 aromatic carbocycles. The molecule has 116 valence electrons. The zero-order valence-corrected chi connectivity index (χ0v) is 12.7. The summed E-state index contributed by atoms with van der Waals surface area (Å²) in [5.41, 5.74) is 5.99. The number of hydrogen-bond acceptors (Lipinski definition) is 4. The molecule has 2 aromatic rings. The highest BCUT2D eigenvalue weighted by atomic mass is 16.6. The molecule has 0 aromatic heterocycles. The van der Waals surface area contributed by atoms with E-state index in [2.05, 4.69) is 10.9 Å². The molecule has 1 unspecified atom stereocenters. The minimum atomic E-state index is -0.510. The number of para-hydroxylation sites is 1. The Morgan fingerprint density at radius 3 is 2.55 bits per heavy atom. The van der Waals surface area contributed by atoms with Crippen molar-refractivity contribution in [1.29, 1.82) is 0 Å². The molecule has 0 saturated heterocycles. The van der Waals surface area contributed by atoms with Crippen LogP contribution >= 0.6 is 0 Å². The minimum absolute atomic E-state index is 0.116. The fourth-order valence-electron chi connectivity index (χ4n) is 1.68. The Morgan fingerprint density at radius 2 is 1.82 bits per heavy atom. The van der Waals surface area contributed by atoms with Crippen LogP contribution in [0.1, 0.15) is 20.3 Å². The molecule has 0 bridgehead atoms. The number of carbonyl (C=O) groups is 1. The van der Waals surface area contributed by atoms with Crippen molar-refractivity contribution in [3.63, 3.8) is 0 Å². The summed E-state index contributed by atoms with van der Waals surface area (Å²) in [7, 11) is 0. The van der Waals surface area contributed by atoms with Crippen molar-refractivity contribution in [3.05, 3.63) is 54.6 Å². The topological polar surface area (TPSA) is 59.6 Å². The van der Waals surface area contributed by atoms with Gasteiger partial charge in [-0.05, 0) is 37.6 Å². The van der Waals surface area contributed by atoms with Gasteiger partial charge in [-0.1, -0.05) is 31.2 Å². The van der Waals surface area contributed by atoms with Crippen molar-refractivity contribution in [2.24, 2.45) is 0 Å². The fourth-order valence-corrected chi connectivity index (χ4v) is 1.68. The average molecular weight is 300 g/mol. The van der Waals surface area contributed by atoms with Gasteiger partial charge in [0.25, 0.3) is 0 Å². The molecule has 0 spiro atoms. The molecule has 0 aliphatic carbocycles. The average Bonchev–Trinajstić information content (AvgIpc) is 2.54. The number of hydrazine groups is 1. The standard InChI is InChI=1S/C17H20N2O3/c1-3-13(2)21-17(20)19-18-14-8-7-11-16(12-14)22-15-9-5-4-6-10-15/h4-13,18H,3H2,1-2H3,(H,19,20). The predicted octanol–water partition coefficient (Wildman–Crippen LogP) is 4.33. The summed E-state index contributed by atoms with van der Waals surface area (Å²) in [6.07, 6.45) is 0.145. The Morgan fingerprint density at radius 1 is 1.09 bits per heavy atom. The molecule has 5 nitrogen and oxygen atoms in total. The maximum Gasteiger partial charge on any atom is 0.426 e. The first-order valence-electron chi connectivity index (χ1n) is 7.23. The van der Waals surface area contributed by atoms with Crippen LogP contribution in [0.5, 0.6) is 11.5 Å². The molecule has 2 rings (SSSR count). The van der Waals surface area contributed by atoms with Crippen LogP contribution in [-0.4, -0.2) is 12.2 Å². The van der Waals surface area contributed by atoms with E-state index < -0.39 is 6.09 Å². The molecule has 0 aliphatic rings. The highest BCUT2D eigenvalue weighted by Gasteiger charge is 2.06. The zero-order chi connectivity index (χ0) is 15.8. The van der Waals surface area contributed by atoms with Crippen molar-refractivity contribution in [3.8, 4) is 11.5 Å². The SMILES string of the molecule is CCC(C)OC(=O)NNc1cccc(Oc2ccccc2)c1. The van der Waals surface area contributed by atoms with Gasteiger partial charge in [0.05, 0.1) is 5.69 Å². The van der Waals surface area contributed by atoms with E-state index in [1.54, 1.807) is 6.07 Å². The predicted molar refractivity (Wildman–Crippen MR) is 86.0 cm³/mol. The lowest BCUT2D eigenvalue weighted by Crippen LogP contribution is -2.32. The van der Waals surface area contributed by atoms with Crippen molar-refractivity contribution in [2.45, 2.75) is 26.4 Å². The van der Waals surface area contributed by atoms with Crippen molar-refractivity contribution >= 4 is 11.8 Å². The molecule has 0 heterocycles. The summed E-state index contributed by atoms with van der Waals surface area (Å²) in [6, 6.07) is 16.8. The van der Waals surface area contributed by atoms with Crippen molar-refractivity contribution < 1.29 is 14.3 Å². The van der Waals surface area contributed by atoms with Gasteiger partial charge in [-0.25, -0.2) is 10.2 Å². The lowest BCUT2D eigenvalue weighted by molar-refractivity contribution is 0.107. The second kappa shape index (κ2) is 7.93. The van der Waals surface area contributed by atoms with Gasteiger partial charge in [0.2, 0.25) is 0 Å². The van der Waals surface area contributed by atoms with Crippen molar-refractivity contribution in [1.82, 2.24) is 5.43 Å². The van der Waals surface area contributed by atoms with E-state index in [0.29, 0.717) is 11.4 Å².